The molecule has 1 aliphatic rings. The first-order valence-electron chi connectivity index (χ1n) is 10.2. The average molecular weight is 436 g/mol. The molecule has 0 saturated heterocycles. The molecule has 31 heavy (non-hydrogen) atoms. The summed E-state index contributed by atoms with van der Waals surface area (Å²) < 4.78 is 5.36. The molecule has 7 heteroatoms. The number of halogens is 1. The first-order valence-corrected chi connectivity index (χ1v) is 10.6. The summed E-state index contributed by atoms with van der Waals surface area (Å²) in [4.78, 5) is 11.0. The van der Waals surface area contributed by atoms with Gasteiger partial charge in [0.05, 0.1) is 30.1 Å². The molecule has 0 saturated carbocycles. The molecule has 0 radical (unpaired) electrons. The topological polar surface area (TPSA) is 53.5 Å². The van der Waals surface area contributed by atoms with Crippen LogP contribution in [0.4, 0.5) is 5.69 Å². The first kappa shape index (κ1) is 21.2. The molecule has 1 aromatic heterocycles. The summed E-state index contributed by atoms with van der Waals surface area (Å²) in [7, 11) is 3.82. The van der Waals surface area contributed by atoms with E-state index in [4.69, 9.17) is 16.3 Å². The van der Waals surface area contributed by atoms with E-state index in [1.165, 1.54) is 11.1 Å². The van der Waals surface area contributed by atoms with Gasteiger partial charge in [-0.2, -0.15) is 0 Å². The zero-order chi connectivity index (χ0) is 21.6. The summed E-state index contributed by atoms with van der Waals surface area (Å²) in [5.41, 5.74) is 9.10. The number of para-hydroxylation sites is 1. The third-order valence-corrected chi connectivity index (χ3v) is 5.53. The number of benzene rings is 2. The number of ether oxygens (including phenoxy) is 1. The van der Waals surface area contributed by atoms with Crippen LogP contribution in [0.5, 0.6) is 5.75 Å². The van der Waals surface area contributed by atoms with E-state index in [1.54, 1.807) is 19.5 Å². The minimum atomic E-state index is 0.692. The fourth-order valence-corrected chi connectivity index (χ4v) is 4.00. The zero-order valence-electron chi connectivity index (χ0n) is 17.8. The maximum absolute atomic E-state index is 6.46. The Morgan fingerprint density at radius 1 is 1.13 bits per heavy atom. The Balaban J connectivity index is 1.52. The molecule has 3 aromatic rings. The molecular weight excluding hydrogens is 410 g/mol. The van der Waals surface area contributed by atoms with Crippen LogP contribution in [0.25, 0.3) is 0 Å². The third-order valence-electron chi connectivity index (χ3n) is 5.21. The number of hydrogen-bond acceptors (Lipinski definition) is 6. The fourth-order valence-electron chi connectivity index (χ4n) is 3.76. The summed E-state index contributed by atoms with van der Waals surface area (Å²) in [6.07, 6.45) is 5.92. The largest absolute Gasteiger partial charge is 0.497 e. The molecule has 160 valence electrons. The highest BCUT2D eigenvalue weighted by Crippen LogP contribution is 2.29. The molecule has 0 unspecified atom stereocenters. The van der Waals surface area contributed by atoms with E-state index in [9.17, 15) is 0 Å². The van der Waals surface area contributed by atoms with Gasteiger partial charge in [-0.25, -0.2) is 0 Å². The maximum atomic E-state index is 6.46. The molecule has 0 atom stereocenters. The number of likely N-dealkylation sites (N-methyl/N-ethyl adjacent to an activating group) is 1. The van der Waals surface area contributed by atoms with Crippen molar-refractivity contribution in [2.75, 3.05) is 32.3 Å². The van der Waals surface area contributed by atoms with Crippen LogP contribution in [-0.4, -0.2) is 42.1 Å². The minimum absolute atomic E-state index is 0.692. The van der Waals surface area contributed by atoms with Gasteiger partial charge in [-0.3, -0.25) is 19.9 Å². The number of hydrazine groups is 1. The Bertz CT molecular complexity index is 1060. The van der Waals surface area contributed by atoms with E-state index in [0.717, 1.165) is 47.5 Å². The van der Waals surface area contributed by atoms with Crippen LogP contribution in [0.15, 0.2) is 78.4 Å². The van der Waals surface area contributed by atoms with Crippen molar-refractivity contribution in [3.05, 3.63) is 94.7 Å². The van der Waals surface area contributed by atoms with Crippen molar-refractivity contribution in [3.63, 3.8) is 0 Å². The van der Waals surface area contributed by atoms with Crippen LogP contribution in [0.1, 0.15) is 11.3 Å². The Morgan fingerprint density at radius 2 is 2.00 bits per heavy atom. The van der Waals surface area contributed by atoms with Gasteiger partial charge in [0.15, 0.2) is 0 Å². The molecule has 0 fully saturated rings. The van der Waals surface area contributed by atoms with Crippen LogP contribution in [0, 0.1) is 0 Å². The van der Waals surface area contributed by atoms with Gasteiger partial charge in [-0.1, -0.05) is 35.9 Å². The number of methoxy groups -OCH3 is 1. The van der Waals surface area contributed by atoms with E-state index in [0.29, 0.717) is 6.42 Å². The number of hydrogen-bond donors (Lipinski definition) is 1. The van der Waals surface area contributed by atoms with Crippen molar-refractivity contribution in [2.45, 2.75) is 13.0 Å². The Morgan fingerprint density at radius 3 is 2.77 bits per heavy atom. The Labute approximate surface area is 188 Å². The minimum Gasteiger partial charge on any atom is -0.497 e. The van der Waals surface area contributed by atoms with E-state index in [-0.39, 0.29) is 0 Å². The van der Waals surface area contributed by atoms with E-state index >= 15 is 0 Å². The lowest BCUT2D eigenvalue weighted by Crippen LogP contribution is -2.33. The summed E-state index contributed by atoms with van der Waals surface area (Å²) in [5.74, 6) is 0.876. The number of anilines is 1. The van der Waals surface area contributed by atoms with Gasteiger partial charge in [-0.15, -0.1) is 0 Å². The SMILES string of the molecule is COc1cccc(CN(C)CC2=C(Cc3cnccn3)NN(c3ccccc3Cl)C2)c1. The number of nitrogens with one attached hydrogen (secondary N) is 1. The fraction of sp³-hybridized carbons (Fsp3) is 0.250. The van der Waals surface area contributed by atoms with Gasteiger partial charge in [0, 0.05) is 43.8 Å². The second kappa shape index (κ2) is 9.81. The van der Waals surface area contributed by atoms with Crippen molar-refractivity contribution < 1.29 is 4.74 Å². The number of aromatic nitrogens is 2. The van der Waals surface area contributed by atoms with E-state index in [2.05, 4.69) is 44.5 Å². The molecule has 2 aromatic carbocycles. The van der Waals surface area contributed by atoms with Gasteiger partial charge in [0.25, 0.3) is 0 Å². The molecule has 6 nitrogen and oxygen atoms in total. The number of rotatable bonds is 8. The number of allylic oxidation sites excluding steroid dienone is 1. The van der Waals surface area contributed by atoms with Crippen LogP contribution in [0.3, 0.4) is 0 Å². The van der Waals surface area contributed by atoms with Crippen LogP contribution < -0.4 is 15.2 Å². The average Bonchev–Trinajstić information content (AvgIpc) is 3.16. The van der Waals surface area contributed by atoms with E-state index < -0.39 is 0 Å². The van der Waals surface area contributed by atoms with Crippen LogP contribution in [-0.2, 0) is 13.0 Å². The molecule has 0 spiro atoms. The van der Waals surface area contributed by atoms with Gasteiger partial charge in [0.2, 0.25) is 0 Å². The third kappa shape index (κ3) is 5.34. The summed E-state index contributed by atoms with van der Waals surface area (Å²) >= 11 is 6.46. The van der Waals surface area contributed by atoms with Crippen LogP contribution in [0.2, 0.25) is 5.02 Å². The summed E-state index contributed by atoms with van der Waals surface area (Å²) in [6, 6.07) is 16.1. The molecule has 4 rings (SSSR count). The smallest absolute Gasteiger partial charge is 0.119 e. The quantitative estimate of drug-likeness (QED) is 0.575. The van der Waals surface area contributed by atoms with Crippen molar-refractivity contribution >= 4 is 17.3 Å². The van der Waals surface area contributed by atoms with Crippen molar-refractivity contribution in [2.24, 2.45) is 0 Å². The van der Waals surface area contributed by atoms with Gasteiger partial charge < -0.3 is 10.2 Å². The molecular formula is C24H26ClN5O. The van der Waals surface area contributed by atoms with Crippen LogP contribution >= 0.6 is 11.6 Å². The van der Waals surface area contributed by atoms with Crippen molar-refractivity contribution in [1.29, 1.82) is 0 Å². The molecule has 1 aliphatic heterocycles. The Kier molecular flexibility index (Phi) is 6.70. The second-order valence-corrected chi connectivity index (χ2v) is 8.04. The second-order valence-electron chi connectivity index (χ2n) is 7.63. The summed E-state index contributed by atoms with van der Waals surface area (Å²) in [5, 5.41) is 2.82. The molecule has 1 N–H and O–H groups in total. The maximum Gasteiger partial charge on any atom is 0.119 e. The molecule has 0 aliphatic carbocycles. The highest BCUT2D eigenvalue weighted by Gasteiger charge is 2.24. The lowest BCUT2D eigenvalue weighted by Gasteiger charge is -2.22. The lowest BCUT2D eigenvalue weighted by atomic mass is 10.1. The van der Waals surface area contributed by atoms with Crippen molar-refractivity contribution in [1.82, 2.24) is 20.3 Å². The van der Waals surface area contributed by atoms with Gasteiger partial charge >= 0.3 is 0 Å². The van der Waals surface area contributed by atoms with Gasteiger partial charge in [-0.05, 0) is 42.4 Å². The lowest BCUT2D eigenvalue weighted by molar-refractivity contribution is 0.352. The van der Waals surface area contributed by atoms with Crippen molar-refractivity contribution in [3.8, 4) is 5.75 Å². The van der Waals surface area contributed by atoms with Gasteiger partial charge in [0.1, 0.15) is 5.75 Å². The predicted molar refractivity (Wildman–Crippen MR) is 124 cm³/mol. The normalized spacial score (nSPS) is 13.6. The predicted octanol–water partition coefficient (Wildman–Crippen LogP) is 4.09. The first-order chi connectivity index (χ1) is 15.1. The molecule has 0 amide bonds. The molecule has 2 heterocycles. The standard InChI is InChI=1S/C24H26ClN5O/c1-29(15-18-6-5-7-21(12-18)31-2)16-19-17-30(24-9-4-3-8-22(24)25)28-23(19)13-20-14-26-10-11-27-20/h3-12,14,28H,13,15-17H2,1-2H3. The monoisotopic (exact) mass is 435 g/mol. The zero-order valence-corrected chi connectivity index (χ0v) is 18.5. The highest BCUT2D eigenvalue weighted by atomic mass is 35.5. The molecule has 0 bridgehead atoms. The highest BCUT2D eigenvalue weighted by molar-refractivity contribution is 6.33. The summed E-state index contributed by atoms with van der Waals surface area (Å²) in [6.45, 7) is 2.40. The Hall–Kier alpha value is -3.09. The van der Waals surface area contributed by atoms with E-state index in [1.807, 2.05) is 42.6 Å². The number of nitrogens with zero attached hydrogens (tertiary/aromatic N) is 4.